The molecule has 0 aliphatic carbocycles. The van der Waals surface area contributed by atoms with Crippen LogP contribution in [-0.4, -0.2) is 37.4 Å². The highest BCUT2D eigenvalue weighted by atomic mass is 19.1. The average Bonchev–Trinajstić information content (AvgIpc) is 2.27. The van der Waals surface area contributed by atoms with Crippen LogP contribution < -0.4 is 0 Å². The van der Waals surface area contributed by atoms with Gasteiger partial charge in [-0.1, -0.05) is 0 Å². The average molecular weight is 146 g/mol. The van der Waals surface area contributed by atoms with E-state index in [1.54, 1.807) is 0 Å². The number of hydrogen-bond donors (Lipinski definition) is 0. The van der Waals surface area contributed by atoms with E-state index in [1.807, 2.05) is 0 Å². The molecule has 4 aliphatic heterocycles. The van der Waals surface area contributed by atoms with Crippen molar-refractivity contribution in [1.82, 2.24) is 0 Å². The lowest BCUT2D eigenvalue weighted by molar-refractivity contribution is -0.330. The van der Waals surface area contributed by atoms with Gasteiger partial charge in [-0.2, -0.15) is 0 Å². The summed E-state index contributed by atoms with van der Waals surface area (Å²) in [5, 5.41) is 0. The van der Waals surface area contributed by atoms with Crippen molar-refractivity contribution >= 4 is 0 Å². The largest absolute Gasteiger partial charge is 0.361 e. The van der Waals surface area contributed by atoms with E-state index in [4.69, 9.17) is 14.2 Å². The summed E-state index contributed by atoms with van der Waals surface area (Å²) in [5.41, 5.74) is 0. The molecule has 3 nitrogen and oxygen atoms in total. The van der Waals surface area contributed by atoms with Gasteiger partial charge in [-0.15, -0.1) is 0 Å². The van der Waals surface area contributed by atoms with Crippen molar-refractivity contribution in [3.05, 3.63) is 0 Å². The first-order valence-electron chi connectivity index (χ1n) is 3.43. The first-order valence-corrected chi connectivity index (χ1v) is 3.43. The zero-order chi connectivity index (χ0) is 6.72. The smallest absolute Gasteiger partial charge is 0.187 e. The molecule has 4 fully saturated rings. The van der Waals surface area contributed by atoms with Gasteiger partial charge in [0, 0.05) is 0 Å². The Morgan fingerprint density at radius 3 is 2.80 bits per heavy atom. The van der Waals surface area contributed by atoms with Gasteiger partial charge in [-0.3, -0.25) is 0 Å². The fourth-order valence-corrected chi connectivity index (χ4v) is 1.72. The van der Waals surface area contributed by atoms with Gasteiger partial charge in [0.05, 0.1) is 6.61 Å². The van der Waals surface area contributed by atoms with Crippen LogP contribution in [0.15, 0.2) is 0 Å². The fourth-order valence-electron chi connectivity index (χ4n) is 1.72. The summed E-state index contributed by atoms with van der Waals surface area (Å²) in [7, 11) is 0. The van der Waals surface area contributed by atoms with Crippen LogP contribution in [0.25, 0.3) is 0 Å². The van der Waals surface area contributed by atoms with Crippen LogP contribution in [0.4, 0.5) is 4.39 Å². The molecule has 4 aliphatic rings. The summed E-state index contributed by atoms with van der Waals surface area (Å²) in [6, 6.07) is 0. The Bertz CT molecular complexity index is 158. The molecule has 0 radical (unpaired) electrons. The Kier molecular flexibility index (Phi) is 0.829. The third-order valence-corrected chi connectivity index (χ3v) is 2.31. The highest BCUT2D eigenvalue weighted by Gasteiger charge is 2.61. The number of alkyl halides is 1. The summed E-state index contributed by atoms with van der Waals surface area (Å²) < 4.78 is 28.4. The Balaban J connectivity index is 1.95. The van der Waals surface area contributed by atoms with Crippen LogP contribution in [-0.2, 0) is 14.2 Å². The van der Waals surface area contributed by atoms with Crippen molar-refractivity contribution in [3.63, 3.8) is 0 Å². The summed E-state index contributed by atoms with van der Waals surface area (Å²) in [5.74, 6) is 0. The summed E-state index contributed by atoms with van der Waals surface area (Å²) in [4.78, 5) is 0. The van der Waals surface area contributed by atoms with Gasteiger partial charge in [-0.05, 0) is 0 Å². The maximum absolute atomic E-state index is 12.9. The normalized spacial score (nSPS) is 63.9. The highest BCUT2D eigenvalue weighted by Crippen LogP contribution is 2.42. The minimum absolute atomic E-state index is 0.148. The number of halogens is 1. The Morgan fingerprint density at radius 1 is 1.20 bits per heavy atom. The molecule has 0 spiro atoms. The molecule has 0 saturated carbocycles. The molecule has 0 aromatic carbocycles. The molecule has 4 rings (SSSR count). The van der Waals surface area contributed by atoms with E-state index >= 15 is 0 Å². The first kappa shape index (κ1) is 5.46. The van der Waals surface area contributed by atoms with E-state index in [2.05, 4.69) is 0 Å². The number of rotatable bonds is 0. The van der Waals surface area contributed by atoms with Crippen molar-refractivity contribution < 1.29 is 18.6 Å². The summed E-state index contributed by atoms with van der Waals surface area (Å²) >= 11 is 0. The number of ether oxygens (including phenoxy) is 3. The van der Waals surface area contributed by atoms with Gasteiger partial charge in [0.2, 0.25) is 0 Å². The Hall–Kier alpha value is -0.190. The Morgan fingerprint density at radius 2 is 2.10 bits per heavy atom. The van der Waals surface area contributed by atoms with Crippen molar-refractivity contribution in [2.24, 2.45) is 0 Å². The second-order valence-corrected chi connectivity index (χ2v) is 2.89. The van der Waals surface area contributed by atoms with Gasteiger partial charge in [0.1, 0.15) is 18.3 Å². The van der Waals surface area contributed by atoms with Crippen LogP contribution in [0.5, 0.6) is 0 Å². The van der Waals surface area contributed by atoms with E-state index in [9.17, 15) is 4.39 Å². The number of hydrogen-bond acceptors (Lipinski definition) is 3. The van der Waals surface area contributed by atoms with Gasteiger partial charge in [0.15, 0.2) is 12.5 Å². The molecular weight excluding hydrogens is 139 g/mol. The molecule has 0 aromatic rings. The predicted molar refractivity (Wildman–Crippen MR) is 28.2 cm³/mol. The van der Waals surface area contributed by atoms with Crippen LogP contribution in [0, 0.1) is 0 Å². The van der Waals surface area contributed by atoms with Gasteiger partial charge in [0.25, 0.3) is 0 Å². The van der Waals surface area contributed by atoms with E-state index < -0.39 is 18.6 Å². The molecular formula is C6H7FO3. The van der Waals surface area contributed by atoms with Crippen molar-refractivity contribution in [2.45, 2.75) is 30.8 Å². The van der Waals surface area contributed by atoms with Crippen LogP contribution in [0.1, 0.15) is 0 Å². The monoisotopic (exact) mass is 146 g/mol. The molecule has 4 saturated heterocycles. The quantitative estimate of drug-likeness (QED) is 0.475. The molecule has 0 unspecified atom stereocenters. The minimum atomic E-state index is -0.855. The highest BCUT2D eigenvalue weighted by molar-refractivity contribution is 5.02. The topological polar surface area (TPSA) is 27.7 Å². The van der Waals surface area contributed by atoms with E-state index in [1.165, 1.54) is 0 Å². The third kappa shape index (κ3) is 0.436. The van der Waals surface area contributed by atoms with E-state index in [0.29, 0.717) is 6.61 Å². The van der Waals surface area contributed by atoms with Crippen LogP contribution in [0.3, 0.4) is 0 Å². The van der Waals surface area contributed by atoms with Gasteiger partial charge in [-0.25, -0.2) is 4.39 Å². The molecule has 0 amide bonds. The Labute approximate surface area is 57.1 Å². The van der Waals surface area contributed by atoms with Gasteiger partial charge < -0.3 is 14.2 Å². The molecule has 0 N–H and O–H groups in total. The first-order chi connectivity index (χ1) is 4.86. The molecule has 5 atom stereocenters. The van der Waals surface area contributed by atoms with Crippen LogP contribution >= 0.6 is 0 Å². The lowest BCUT2D eigenvalue weighted by Gasteiger charge is -2.46. The minimum Gasteiger partial charge on any atom is -0.361 e. The third-order valence-electron chi connectivity index (χ3n) is 2.31. The molecule has 4 heteroatoms. The molecule has 4 heterocycles. The van der Waals surface area contributed by atoms with Crippen molar-refractivity contribution in [1.29, 1.82) is 0 Å². The second-order valence-electron chi connectivity index (χ2n) is 2.89. The molecule has 10 heavy (non-hydrogen) atoms. The standard InChI is InChI=1S/C6H7FO3/c7-3-4-2-1-8-6(9-2)5(3)10-4/h2-6H,1H2/t2-,3-,4+,5+,6-/m1/s1. The zero-order valence-corrected chi connectivity index (χ0v) is 5.20. The maximum Gasteiger partial charge on any atom is 0.187 e. The summed E-state index contributed by atoms with van der Waals surface area (Å²) in [6.07, 6.45) is -2.21. The van der Waals surface area contributed by atoms with Crippen molar-refractivity contribution in [3.8, 4) is 0 Å². The molecule has 4 bridgehead atoms. The zero-order valence-electron chi connectivity index (χ0n) is 5.20. The fraction of sp³-hybridized carbons (Fsp3) is 1.00. The van der Waals surface area contributed by atoms with Crippen LogP contribution in [0.2, 0.25) is 0 Å². The molecule has 0 aromatic heterocycles. The SMILES string of the molecule is F[C@H]1[C@@H]2O[C@H]1[C@H]1CO[C@@H]2O1. The predicted octanol–water partition coefficient (Wildman–Crippen LogP) is -0.153. The van der Waals surface area contributed by atoms with E-state index in [0.717, 1.165) is 0 Å². The lowest BCUT2D eigenvalue weighted by atomic mass is 9.96. The maximum atomic E-state index is 12.9. The second kappa shape index (κ2) is 1.52. The summed E-state index contributed by atoms with van der Waals surface area (Å²) in [6.45, 7) is 0.492. The lowest BCUT2D eigenvalue weighted by Crippen LogP contribution is -2.65. The van der Waals surface area contributed by atoms with Crippen molar-refractivity contribution in [2.75, 3.05) is 6.61 Å². The van der Waals surface area contributed by atoms with E-state index in [-0.39, 0.29) is 12.2 Å². The molecule has 56 valence electrons. The van der Waals surface area contributed by atoms with Gasteiger partial charge >= 0.3 is 0 Å².